The lowest BCUT2D eigenvalue weighted by atomic mass is 10.3. The van der Waals surface area contributed by atoms with Gasteiger partial charge in [-0.2, -0.15) is 0 Å². The largest absolute Gasteiger partial charge is 0.395 e. The number of hydrogen-bond donors (Lipinski definition) is 2. The maximum absolute atomic E-state index is 9.32. The zero-order chi connectivity index (χ0) is 13.9. The number of nitrogens with zero attached hydrogens (tertiary/aromatic N) is 3. The summed E-state index contributed by atoms with van der Waals surface area (Å²) in [6.45, 7) is 4.88. The fraction of sp³-hybridized carbons (Fsp3) is 0.643. The summed E-state index contributed by atoms with van der Waals surface area (Å²) in [6, 6.07) is 0.566. The number of nitrogens with one attached hydrogen (secondary N) is 1. The first-order chi connectivity index (χ1) is 9.85. The number of anilines is 1. The number of aliphatic hydroxyl groups excluding tert-OH is 1. The van der Waals surface area contributed by atoms with Crippen LogP contribution in [-0.2, 0) is 6.54 Å². The number of rotatable bonds is 8. The van der Waals surface area contributed by atoms with E-state index in [9.17, 15) is 5.11 Å². The van der Waals surface area contributed by atoms with Crippen molar-refractivity contribution in [3.63, 3.8) is 0 Å². The molecular weight excluding hydrogens is 272 g/mol. The minimum atomic E-state index is 0.184. The summed E-state index contributed by atoms with van der Waals surface area (Å²) in [6.07, 6.45) is 5.65. The van der Waals surface area contributed by atoms with E-state index in [-0.39, 0.29) is 6.61 Å². The molecule has 2 aromatic rings. The molecule has 0 amide bonds. The van der Waals surface area contributed by atoms with Gasteiger partial charge in [-0.25, -0.2) is 4.98 Å². The molecule has 2 heterocycles. The lowest BCUT2D eigenvalue weighted by Crippen LogP contribution is -2.31. The molecular formula is C14H22N4OS. The first kappa shape index (κ1) is 13.9. The third-order valence-electron chi connectivity index (χ3n) is 3.66. The Morgan fingerprint density at radius 1 is 1.55 bits per heavy atom. The van der Waals surface area contributed by atoms with Crippen molar-refractivity contribution in [2.24, 2.45) is 0 Å². The lowest BCUT2D eigenvalue weighted by molar-refractivity contribution is 0.301. The molecule has 1 saturated carbocycles. The van der Waals surface area contributed by atoms with E-state index >= 15 is 0 Å². The van der Waals surface area contributed by atoms with E-state index in [0.29, 0.717) is 12.6 Å². The van der Waals surface area contributed by atoms with Gasteiger partial charge < -0.3 is 15.3 Å². The molecule has 2 aromatic heterocycles. The van der Waals surface area contributed by atoms with Crippen LogP contribution in [0.15, 0.2) is 11.6 Å². The predicted molar refractivity (Wildman–Crippen MR) is 82.5 cm³/mol. The summed E-state index contributed by atoms with van der Waals surface area (Å²) in [5, 5.41) is 14.9. The minimum Gasteiger partial charge on any atom is -0.395 e. The van der Waals surface area contributed by atoms with Crippen LogP contribution in [0.5, 0.6) is 0 Å². The Bertz CT molecular complexity index is 561. The van der Waals surface area contributed by atoms with Crippen LogP contribution < -0.4 is 10.2 Å². The highest BCUT2D eigenvalue weighted by Gasteiger charge is 2.32. The molecule has 0 aromatic carbocycles. The maximum Gasteiger partial charge on any atom is 0.195 e. The third kappa shape index (κ3) is 2.68. The van der Waals surface area contributed by atoms with Gasteiger partial charge in [0.1, 0.15) is 0 Å². The molecule has 0 unspecified atom stereocenters. The van der Waals surface area contributed by atoms with E-state index in [0.717, 1.165) is 30.3 Å². The monoisotopic (exact) mass is 294 g/mol. The second-order valence-electron chi connectivity index (χ2n) is 5.26. The topological polar surface area (TPSA) is 52.8 Å². The Morgan fingerprint density at radius 2 is 2.40 bits per heavy atom. The van der Waals surface area contributed by atoms with E-state index in [1.807, 2.05) is 0 Å². The zero-order valence-electron chi connectivity index (χ0n) is 11.9. The van der Waals surface area contributed by atoms with E-state index in [4.69, 9.17) is 4.98 Å². The summed E-state index contributed by atoms with van der Waals surface area (Å²) < 4.78 is 2.18. The van der Waals surface area contributed by atoms with E-state index in [1.165, 1.54) is 18.5 Å². The Balaban J connectivity index is 1.90. The van der Waals surface area contributed by atoms with Crippen LogP contribution in [-0.4, -0.2) is 40.2 Å². The van der Waals surface area contributed by atoms with Gasteiger partial charge in [-0.1, -0.05) is 6.92 Å². The average molecular weight is 294 g/mol. The van der Waals surface area contributed by atoms with Crippen LogP contribution in [0.25, 0.3) is 4.96 Å². The number of fused-ring (bicyclic) bond motifs is 1. The standard InChI is InChI=1S/C14H22N4OS/c1-2-5-15-10-12-13(16-14-18(12)7-9-20-14)17(6-8-19)11-3-4-11/h7,9,11,15,19H,2-6,8,10H2,1H3. The lowest BCUT2D eigenvalue weighted by Gasteiger charge is -2.22. The molecule has 1 fully saturated rings. The Kier molecular flexibility index (Phi) is 4.24. The van der Waals surface area contributed by atoms with Gasteiger partial charge >= 0.3 is 0 Å². The van der Waals surface area contributed by atoms with Crippen molar-refractivity contribution in [2.45, 2.75) is 38.8 Å². The number of imidazole rings is 1. The minimum absolute atomic E-state index is 0.184. The van der Waals surface area contributed by atoms with Gasteiger partial charge in [0.05, 0.1) is 12.3 Å². The molecule has 0 saturated heterocycles. The summed E-state index contributed by atoms with van der Waals surface area (Å²) in [5.74, 6) is 1.05. The zero-order valence-corrected chi connectivity index (χ0v) is 12.7. The number of thiazole rings is 1. The van der Waals surface area contributed by atoms with Gasteiger partial charge in [0.15, 0.2) is 10.8 Å². The van der Waals surface area contributed by atoms with Crippen molar-refractivity contribution in [3.05, 3.63) is 17.3 Å². The molecule has 110 valence electrons. The molecule has 20 heavy (non-hydrogen) atoms. The third-order valence-corrected chi connectivity index (χ3v) is 4.42. The highest BCUT2D eigenvalue weighted by atomic mass is 32.1. The maximum atomic E-state index is 9.32. The number of aliphatic hydroxyl groups is 1. The van der Waals surface area contributed by atoms with E-state index < -0.39 is 0 Å². The molecule has 0 radical (unpaired) electrons. The summed E-state index contributed by atoms with van der Waals surface area (Å²) in [5.41, 5.74) is 1.22. The molecule has 1 aliphatic rings. The van der Waals surface area contributed by atoms with Crippen LogP contribution in [0, 0.1) is 0 Å². The van der Waals surface area contributed by atoms with Crippen LogP contribution in [0.3, 0.4) is 0 Å². The number of aromatic nitrogens is 2. The van der Waals surface area contributed by atoms with Gasteiger partial charge in [-0.05, 0) is 25.8 Å². The first-order valence-electron chi connectivity index (χ1n) is 7.37. The van der Waals surface area contributed by atoms with Crippen molar-refractivity contribution in [1.29, 1.82) is 0 Å². The quantitative estimate of drug-likeness (QED) is 0.730. The molecule has 0 atom stereocenters. The molecule has 0 bridgehead atoms. The Hall–Kier alpha value is -1.11. The van der Waals surface area contributed by atoms with Crippen molar-refractivity contribution in [1.82, 2.24) is 14.7 Å². The van der Waals surface area contributed by atoms with Crippen LogP contribution in [0.4, 0.5) is 5.82 Å². The fourth-order valence-corrected chi connectivity index (χ4v) is 3.28. The molecule has 0 spiro atoms. The van der Waals surface area contributed by atoms with Crippen molar-refractivity contribution >= 4 is 22.1 Å². The Labute approximate surface area is 123 Å². The second-order valence-corrected chi connectivity index (χ2v) is 6.14. The number of hydrogen-bond acceptors (Lipinski definition) is 5. The molecule has 2 N–H and O–H groups in total. The SMILES string of the molecule is CCCNCc1c(N(CCO)C2CC2)nc2sccn12. The predicted octanol–water partition coefficient (Wildman–Crippen LogP) is 1.86. The highest BCUT2D eigenvalue weighted by Crippen LogP contribution is 2.34. The first-order valence-corrected chi connectivity index (χ1v) is 8.25. The van der Waals surface area contributed by atoms with E-state index in [1.54, 1.807) is 11.3 Å². The van der Waals surface area contributed by atoms with Crippen molar-refractivity contribution in [3.8, 4) is 0 Å². The molecule has 1 aliphatic carbocycles. The normalized spacial score (nSPS) is 15.1. The van der Waals surface area contributed by atoms with Crippen LogP contribution in [0.2, 0.25) is 0 Å². The molecule has 6 heteroatoms. The average Bonchev–Trinajstić information content (AvgIpc) is 3.09. The molecule has 0 aliphatic heterocycles. The highest BCUT2D eigenvalue weighted by molar-refractivity contribution is 7.15. The van der Waals surface area contributed by atoms with Gasteiger partial charge in [-0.3, -0.25) is 4.40 Å². The van der Waals surface area contributed by atoms with Crippen LogP contribution >= 0.6 is 11.3 Å². The van der Waals surface area contributed by atoms with Crippen molar-refractivity contribution in [2.75, 3.05) is 24.6 Å². The van der Waals surface area contributed by atoms with Gasteiger partial charge in [0.25, 0.3) is 0 Å². The van der Waals surface area contributed by atoms with Gasteiger partial charge in [-0.15, -0.1) is 11.3 Å². The summed E-state index contributed by atoms with van der Waals surface area (Å²) in [4.78, 5) is 8.11. The summed E-state index contributed by atoms with van der Waals surface area (Å²) in [7, 11) is 0. The Morgan fingerprint density at radius 3 is 3.10 bits per heavy atom. The van der Waals surface area contributed by atoms with Crippen molar-refractivity contribution < 1.29 is 5.11 Å². The molecule has 5 nitrogen and oxygen atoms in total. The van der Waals surface area contributed by atoms with E-state index in [2.05, 4.69) is 33.1 Å². The smallest absolute Gasteiger partial charge is 0.195 e. The van der Waals surface area contributed by atoms with Gasteiger partial charge in [0, 0.05) is 30.7 Å². The molecule has 3 rings (SSSR count). The summed E-state index contributed by atoms with van der Waals surface area (Å²) >= 11 is 1.66. The second kappa shape index (κ2) is 6.11. The van der Waals surface area contributed by atoms with Crippen LogP contribution in [0.1, 0.15) is 31.9 Å². The fourth-order valence-electron chi connectivity index (χ4n) is 2.55. The van der Waals surface area contributed by atoms with Gasteiger partial charge in [0.2, 0.25) is 0 Å².